The van der Waals surface area contributed by atoms with Crippen molar-refractivity contribution in [2.24, 2.45) is 11.7 Å². The second kappa shape index (κ2) is 5.82. The highest BCUT2D eigenvalue weighted by Gasteiger charge is 2.15. The summed E-state index contributed by atoms with van der Waals surface area (Å²) in [5.74, 6) is 1.21. The maximum absolute atomic E-state index is 12.1. The minimum Gasteiger partial charge on any atom is -0.496 e. The van der Waals surface area contributed by atoms with E-state index in [9.17, 15) is 4.79 Å². The maximum Gasteiger partial charge on any atom is 0.163 e. The predicted octanol–water partition coefficient (Wildman–Crippen LogP) is 2.48. The Balaban J connectivity index is 2.99. The first kappa shape index (κ1) is 13.7. The molecule has 0 amide bonds. The van der Waals surface area contributed by atoms with Crippen molar-refractivity contribution in [3.8, 4) is 5.75 Å². The molecule has 0 heterocycles. The molecule has 0 aliphatic rings. The molecular formula is C14H21NO2. The van der Waals surface area contributed by atoms with E-state index >= 15 is 0 Å². The third kappa shape index (κ3) is 3.07. The zero-order chi connectivity index (χ0) is 13.0. The van der Waals surface area contributed by atoms with Gasteiger partial charge in [0.1, 0.15) is 5.75 Å². The summed E-state index contributed by atoms with van der Waals surface area (Å²) in [4.78, 5) is 12.1. The maximum atomic E-state index is 12.1. The Kier molecular flexibility index (Phi) is 4.70. The molecule has 0 spiro atoms. The Morgan fingerprint density at radius 2 is 2.00 bits per heavy atom. The lowest BCUT2D eigenvalue weighted by Crippen LogP contribution is -2.16. The van der Waals surface area contributed by atoms with Crippen LogP contribution in [0.1, 0.15) is 34.8 Å². The molecule has 94 valence electrons. The van der Waals surface area contributed by atoms with Crippen molar-refractivity contribution in [1.82, 2.24) is 0 Å². The average molecular weight is 235 g/mol. The van der Waals surface area contributed by atoms with Crippen LogP contribution in [0.5, 0.6) is 5.75 Å². The number of hydrogen-bond acceptors (Lipinski definition) is 3. The first-order chi connectivity index (χ1) is 8.01. The molecule has 0 aliphatic heterocycles. The first-order valence-electron chi connectivity index (χ1n) is 5.88. The predicted molar refractivity (Wildman–Crippen MR) is 69.6 cm³/mol. The number of ketones is 1. The Bertz CT molecular complexity index is 413. The Morgan fingerprint density at radius 1 is 1.35 bits per heavy atom. The summed E-state index contributed by atoms with van der Waals surface area (Å²) in [5.41, 5.74) is 8.35. The summed E-state index contributed by atoms with van der Waals surface area (Å²) >= 11 is 0. The van der Waals surface area contributed by atoms with Crippen LogP contribution in [0.3, 0.4) is 0 Å². The third-order valence-electron chi connectivity index (χ3n) is 3.19. The van der Waals surface area contributed by atoms with E-state index in [-0.39, 0.29) is 11.7 Å². The van der Waals surface area contributed by atoms with E-state index in [1.54, 1.807) is 7.11 Å². The molecule has 0 saturated carbocycles. The number of Topliss-reactive ketones (excluding diaryl/α,β-unsaturated/α-hetero) is 1. The first-order valence-corrected chi connectivity index (χ1v) is 5.88. The van der Waals surface area contributed by atoms with Gasteiger partial charge in [-0.3, -0.25) is 4.79 Å². The second-order valence-electron chi connectivity index (χ2n) is 4.53. The summed E-state index contributed by atoms with van der Waals surface area (Å²) in [5, 5.41) is 0. The van der Waals surface area contributed by atoms with E-state index in [4.69, 9.17) is 10.5 Å². The fourth-order valence-electron chi connectivity index (χ4n) is 1.83. The summed E-state index contributed by atoms with van der Waals surface area (Å²) in [6.45, 7) is 6.46. The van der Waals surface area contributed by atoms with E-state index in [1.807, 2.05) is 32.9 Å². The monoisotopic (exact) mass is 235 g/mol. The van der Waals surface area contributed by atoms with Crippen LogP contribution in [0, 0.1) is 19.8 Å². The summed E-state index contributed by atoms with van der Waals surface area (Å²) < 4.78 is 5.23. The minimum atomic E-state index is 0.159. The molecule has 1 unspecified atom stereocenters. The molecule has 1 atom stereocenters. The Morgan fingerprint density at radius 3 is 2.53 bits per heavy atom. The number of hydrogen-bond donors (Lipinski definition) is 1. The molecule has 1 rings (SSSR count). The van der Waals surface area contributed by atoms with Gasteiger partial charge in [-0.15, -0.1) is 0 Å². The van der Waals surface area contributed by atoms with Crippen LogP contribution in [-0.2, 0) is 0 Å². The highest BCUT2D eigenvalue weighted by Crippen LogP contribution is 2.25. The number of ether oxygens (including phenoxy) is 1. The van der Waals surface area contributed by atoms with Crippen molar-refractivity contribution >= 4 is 5.78 Å². The fraction of sp³-hybridized carbons (Fsp3) is 0.500. The Hall–Kier alpha value is -1.35. The highest BCUT2D eigenvalue weighted by atomic mass is 16.5. The molecular weight excluding hydrogens is 214 g/mol. The number of carbonyl (C=O) groups is 1. The minimum absolute atomic E-state index is 0.159. The molecule has 2 N–H and O–H groups in total. The number of carbonyl (C=O) groups excluding carboxylic acids is 1. The zero-order valence-corrected chi connectivity index (χ0v) is 11.0. The Labute approximate surface area is 103 Å². The number of rotatable bonds is 5. The molecule has 1 aromatic rings. The zero-order valence-electron chi connectivity index (χ0n) is 11.0. The second-order valence-corrected chi connectivity index (χ2v) is 4.53. The van der Waals surface area contributed by atoms with Crippen LogP contribution < -0.4 is 10.5 Å². The van der Waals surface area contributed by atoms with Crippen LogP contribution in [0.15, 0.2) is 12.1 Å². The van der Waals surface area contributed by atoms with Gasteiger partial charge in [0.15, 0.2) is 5.78 Å². The third-order valence-corrected chi connectivity index (χ3v) is 3.19. The standard InChI is InChI=1S/C14H21NO2/c1-9(8-15)7-13(16)12-5-6-14(17-4)11(3)10(12)2/h5-6,9H,7-8,15H2,1-4H3. The van der Waals surface area contributed by atoms with Crippen molar-refractivity contribution in [1.29, 1.82) is 0 Å². The molecule has 0 saturated heterocycles. The van der Waals surface area contributed by atoms with Crippen LogP contribution in [0.4, 0.5) is 0 Å². The molecule has 3 heteroatoms. The lowest BCUT2D eigenvalue weighted by atomic mass is 9.94. The van der Waals surface area contributed by atoms with Crippen LogP contribution >= 0.6 is 0 Å². The van der Waals surface area contributed by atoms with Gasteiger partial charge < -0.3 is 10.5 Å². The molecule has 1 aromatic carbocycles. The van der Waals surface area contributed by atoms with Gasteiger partial charge in [0, 0.05) is 12.0 Å². The number of methoxy groups -OCH3 is 1. The van der Waals surface area contributed by atoms with Crippen molar-refractivity contribution < 1.29 is 9.53 Å². The topological polar surface area (TPSA) is 52.3 Å². The lowest BCUT2D eigenvalue weighted by Gasteiger charge is -2.13. The van der Waals surface area contributed by atoms with E-state index in [0.717, 1.165) is 22.4 Å². The average Bonchev–Trinajstić information content (AvgIpc) is 2.32. The molecule has 0 aromatic heterocycles. The quantitative estimate of drug-likeness (QED) is 0.798. The number of nitrogens with two attached hydrogens (primary N) is 1. The summed E-state index contributed by atoms with van der Waals surface area (Å²) in [6.07, 6.45) is 0.503. The van der Waals surface area contributed by atoms with Crippen molar-refractivity contribution in [2.45, 2.75) is 27.2 Å². The van der Waals surface area contributed by atoms with Crippen LogP contribution in [-0.4, -0.2) is 19.4 Å². The van der Waals surface area contributed by atoms with Gasteiger partial charge in [-0.1, -0.05) is 6.92 Å². The van der Waals surface area contributed by atoms with Gasteiger partial charge in [0.2, 0.25) is 0 Å². The van der Waals surface area contributed by atoms with E-state index in [0.29, 0.717) is 13.0 Å². The van der Waals surface area contributed by atoms with Gasteiger partial charge >= 0.3 is 0 Å². The van der Waals surface area contributed by atoms with Gasteiger partial charge in [0.05, 0.1) is 7.11 Å². The van der Waals surface area contributed by atoms with Crippen molar-refractivity contribution in [2.75, 3.05) is 13.7 Å². The van der Waals surface area contributed by atoms with Gasteiger partial charge in [-0.2, -0.15) is 0 Å². The largest absolute Gasteiger partial charge is 0.496 e. The summed E-state index contributed by atoms with van der Waals surface area (Å²) in [6, 6.07) is 3.69. The molecule has 0 radical (unpaired) electrons. The normalized spacial score (nSPS) is 12.3. The fourth-order valence-corrected chi connectivity index (χ4v) is 1.83. The smallest absolute Gasteiger partial charge is 0.163 e. The summed E-state index contributed by atoms with van der Waals surface area (Å²) in [7, 11) is 1.64. The molecule has 0 aliphatic carbocycles. The lowest BCUT2D eigenvalue weighted by molar-refractivity contribution is 0.0965. The molecule has 17 heavy (non-hydrogen) atoms. The molecule has 0 fully saturated rings. The highest BCUT2D eigenvalue weighted by molar-refractivity contribution is 5.98. The van der Waals surface area contributed by atoms with Crippen molar-refractivity contribution in [3.63, 3.8) is 0 Å². The van der Waals surface area contributed by atoms with E-state index in [1.165, 1.54) is 0 Å². The van der Waals surface area contributed by atoms with Crippen molar-refractivity contribution in [3.05, 3.63) is 28.8 Å². The van der Waals surface area contributed by atoms with Gasteiger partial charge in [-0.25, -0.2) is 0 Å². The SMILES string of the molecule is COc1ccc(C(=O)CC(C)CN)c(C)c1C. The molecule has 3 nitrogen and oxygen atoms in total. The number of benzene rings is 1. The van der Waals surface area contributed by atoms with Gasteiger partial charge in [-0.05, 0) is 49.6 Å². The van der Waals surface area contributed by atoms with E-state index in [2.05, 4.69) is 0 Å². The van der Waals surface area contributed by atoms with Crippen LogP contribution in [0.25, 0.3) is 0 Å². The van der Waals surface area contributed by atoms with E-state index < -0.39 is 0 Å². The van der Waals surface area contributed by atoms with Crippen LogP contribution in [0.2, 0.25) is 0 Å². The molecule has 0 bridgehead atoms. The van der Waals surface area contributed by atoms with Gasteiger partial charge in [0.25, 0.3) is 0 Å².